The van der Waals surface area contributed by atoms with E-state index < -0.39 is 5.97 Å². The largest absolute Gasteiger partial charge is 0.496 e. The molecule has 1 aromatic carbocycles. The van der Waals surface area contributed by atoms with Gasteiger partial charge < -0.3 is 9.84 Å². The van der Waals surface area contributed by atoms with Crippen molar-refractivity contribution in [1.29, 1.82) is 0 Å². The highest BCUT2D eigenvalue weighted by atomic mass is 35.5. The third kappa shape index (κ3) is 3.39. The van der Waals surface area contributed by atoms with Gasteiger partial charge in [0, 0.05) is 10.9 Å². The number of hydrogen-bond donors (Lipinski definition) is 1. The third-order valence-corrected chi connectivity index (χ3v) is 3.52. The van der Waals surface area contributed by atoms with Gasteiger partial charge in [0.2, 0.25) is 0 Å². The van der Waals surface area contributed by atoms with Crippen LogP contribution in [0.2, 0.25) is 5.02 Å². The minimum Gasteiger partial charge on any atom is -0.496 e. The van der Waals surface area contributed by atoms with Crippen molar-refractivity contribution in [2.24, 2.45) is 5.92 Å². The molecule has 1 unspecified atom stereocenters. The fourth-order valence-corrected chi connectivity index (χ4v) is 2.20. The molecule has 0 bridgehead atoms. The van der Waals surface area contributed by atoms with Gasteiger partial charge in [-0.3, -0.25) is 4.79 Å². The molecule has 0 fully saturated rings. The van der Waals surface area contributed by atoms with E-state index >= 15 is 0 Å². The summed E-state index contributed by atoms with van der Waals surface area (Å²) in [7, 11) is 1.59. The van der Waals surface area contributed by atoms with Crippen LogP contribution in [-0.4, -0.2) is 18.2 Å². The maximum atomic E-state index is 11.0. The SMILES string of the molecule is COc1cc(C)c(Cl)cc1C(CC(=O)O)C(C)C. The van der Waals surface area contributed by atoms with Crippen LogP contribution in [-0.2, 0) is 4.79 Å². The number of carbonyl (C=O) groups is 1. The number of halogens is 1. The molecule has 100 valence electrons. The van der Waals surface area contributed by atoms with Crippen molar-refractivity contribution in [1.82, 2.24) is 0 Å². The van der Waals surface area contributed by atoms with Gasteiger partial charge in [-0.05, 0) is 36.1 Å². The van der Waals surface area contributed by atoms with Crippen LogP contribution in [0.5, 0.6) is 5.75 Å². The smallest absolute Gasteiger partial charge is 0.303 e. The Kier molecular flexibility index (Phi) is 5.03. The van der Waals surface area contributed by atoms with Crippen molar-refractivity contribution >= 4 is 17.6 Å². The Morgan fingerprint density at radius 1 is 1.44 bits per heavy atom. The lowest BCUT2D eigenvalue weighted by Crippen LogP contribution is -2.13. The van der Waals surface area contributed by atoms with Gasteiger partial charge in [-0.25, -0.2) is 0 Å². The summed E-state index contributed by atoms with van der Waals surface area (Å²) in [5, 5.41) is 9.65. The molecule has 0 heterocycles. The Labute approximate surface area is 113 Å². The van der Waals surface area contributed by atoms with E-state index in [-0.39, 0.29) is 18.3 Å². The molecular weight excluding hydrogens is 252 g/mol. The average Bonchev–Trinajstić information content (AvgIpc) is 2.28. The normalized spacial score (nSPS) is 12.6. The minimum atomic E-state index is -0.813. The van der Waals surface area contributed by atoms with Crippen molar-refractivity contribution in [3.8, 4) is 5.75 Å². The summed E-state index contributed by atoms with van der Waals surface area (Å²) in [4.78, 5) is 11.0. The molecule has 0 radical (unpaired) electrons. The van der Waals surface area contributed by atoms with Crippen molar-refractivity contribution in [3.63, 3.8) is 0 Å². The van der Waals surface area contributed by atoms with Crippen LogP contribution < -0.4 is 4.74 Å². The van der Waals surface area contributed by atoms with Gasteiger partial charge in [0.15, 0.2) is 0 Å². The zero-order chi connectivity index (χ0) is 13.9. The molecule has 3 nitrogen and oxygen atoms in total. The predicted molar refractivity (Wildman–Crippen MR) is 72.6 cm³/mol. The molecule has 0 aliphatic heterocycles. The Bertz CT molecular complexity index is 441. The lowest BCUT2D eigenvalue weighted by atomic mass is 9.85. The highest BCUT2D eigenvalue weighted by Crippen LogP contribution is 2.37. The van der Waals surface area contributed by atoms with Gasteiger partial charge >= 0.3 is 5.97 Å². The maximum absolute atomic E-state index is 11.0. The minimum absolute atomic E-state index is 0.0768. The Morgan fingerprint density at radius 2 is 2.06 bits per heavy atom. The molecule has 0 aliphatic rings. The Hall–Kier alpha value is -1.22. The highest BCUT2D eigenvalue weighted by Gasteiger charge is 2.23. The number of aryl methyl sites for hydroxylation is 1. The number of methoxy groups -OCH3 is 1. The zero-order valence-corrected chi connectivity index (χ0v) is 11.9. The summed E-state index contributed by atoms with van der Waals surface area (Å²) in [6.07, 6.45) is 0.0768. The molecule has 1 N–H and O–H groups in total. The van der Waals surface area contributed by atoms with E-state index in [1.54, 1.807) is 7.11 Å². The number of benzene rings is 1. The number of hydrogen-bond acceptors (Lipinski definition) is 2. The summed E-state index contributed by atoms with van der Waals surface area (Å²) in [6, 6.07) is 3.68. The number of aliphatic carboxylic acids is 1. The van der Waals surface area contributed by atoms with E-state index in [2.05, 4.69) is 0 Å². The van der Waals surface area contributed by atoms with Crippen LogP contribution in [0.25, 0.3) is 0 Å². The van der Waals surface area contributed by atoms with Crippen molar-refractivity contribution in [2.75, 3.05) is 7.11 Å². The molecule has 0 saturated carbocycles. The molecule has 0 saturated heterocycles. The Morgan fingerprint density at radius 3 is 2.50 bits per heavy atom. The van der Waals surface area contributed by atoms with Gasteiger partial charge in [0.1, 0.15) is 5.75 Å². The summed E-state index contributed by atoms with van der Waals surface area (Å²) < 4.78 is 5.34. The molecule has 0 amide bonds. The molecule has 0 aromatic heterocycles. The highest BCUT2D eigenvalue weighted by molar-refractivity contribution is 6.31. The Balaban J connectivity index is 3.26. The molecular formula is C14H19ClO3. The third-order valence-electron chi connectivity index (χ3n) is 3.11. The molecule has 0 spiro atoms. The van der Waals surface area contributed by atoms with Crippen LogP contribution >= 0.6 is 11.6 Å². The lowest BCUT2D eigenvalue weighted by molar-refractivity contribution is -0.137. The van der Waals surface area contributed by atoms with E-state index in [4.69, 9.17) is 21.4 Å². The summed E-state index contributed by atoms with van der Waals surface area (Å²) >= 11 is 6.13. The fraction of sp³-hybridized carbons (Fsp3) is 0.500. The van der Waals surface area contributed by atoms with Gasteiger partial charge in [0.05, 0.1) is 13.5 Å². The molecule has 1 rings (SSSR count). The number of carboxylic acid groups (broad SMARTS) is 1. The first-order chi connectivity index (χ1) is 8.36. The molecule has 4 heteroatoms. The average molecular weight is 271 g/mol. The quantitative estimate of drug-likeness (QED) is 0.883. The van der Waals surface area contributed by atoms with Gasteiger partial charge in [-0.2, -0.15) is 0 Å². The van der Waals surface area contributed by atoms with Crippen LogP contribution in [0.15, 0.2) is 12.1 Å². The van der Waals surface area contributed by atoms with Crippen LogP contribution in [0, 0.1) is 12.8 Å². The summed E-state index contributed by atoms with van der Waals surface area (Å²) in [5.74, 6) is -0.00590. The number of carboxylic acids is 1. The van der Waals surface area contributed by atoms with E-state index in [0.29, 0.717) is 10.8 Å². The second-order valence-electron chi connectivity index (χ2n) is 4.79. The van der Waals surface area contributed by atoms with E-state index in [1.807, 2.05) is 32.9 Å². The van der Waals surface area contributed by atoms with Crippen LogP contribution in [0.1, 0.15) is 37.3 Å². The topological polar surface area (TPSA) is 46.5 Å². The van der Waals surface area contributed by atoms with E-state index in [9.17, 15) is 4.79 Å². The first-order valence-corrected chi connectivity index (χ1v) is 6.30. The van der Waals surface area contributed by atoms with Gasteiger partial charge in [-0.1, -0.05) is 25.4 Å². The molecule has 1 atom stereocenters. The van der Waals surface area contributed by atoms with Crippen LogP contribution in [0.4, 0.5) is 0 Å². The number of rotatable bonds is 5. The van der Waals surface area contributed by atoms with Gasteiger partial charge in [0.25, 0.3) is 0 Å². The number of ether oxygens (including phenoxy) is 1. The van der Waals surface area contributed by atoms with Gasteiger partial charge in [-0.15, -0.1) is 0 Å². The summed E-state index contributed by atoms with van der Waals surface area (Å²) in [6.45, 7) is 5.90. The molecule has 1 aromatic rings. The van der Waals surface area contributed by atoms with E-state index in [1.165, 1.54) is 0 Å². The van der Waals surface area contributed by atoms with Crippen molar-refractivity contribution < 1.29 is 14.6 Å². The van der Waals surface area contributed by atoms with Crippen molar-refractivity contribution in [2.45, 2.75) is 33.1 Å². The second kappa shape index (κ2) is 6.10. The first-order valence-electron chi connectivity index (χ1n) is 5.92. The van der Waals surface area contributed by atoms with Crippen LogP contribution in [0.3, 0.4) is 0 Å². The summed E-state index contributed by atoms with van der Waals surface area (Å²) in [5.41, 5.74) is 1.79. The maximum Gasteiger partial charge on any atom is 0.303 e. The standard InChI is InChI=1S/C14H19ClO3/c1-8(2)10(7-14(16)17)11-6-12(15)9(3)5-13(11)18-4/h5-6,8,10H,7H2,1-4H3,(H,16,17). The molecule has 0 aliphatic carbocycles. The van der Waals surface area contributed by atoms with E-state index in [0.717, 1.165) is 11.1 Å². The fourth-order valence-electron chi connectivity index (χ4n) is 2.03. The second-order valence-corrected chi connectivity index (χ2v) is 5.20. The monoisotopic (exact) mass is 270 g/mol. The first kappa shape index (κ1) is 14.8. The lowest BCUT2D eigenvalue weighted by Gasteiger charge is -2.22. The molecule has 18 heavy (non-hydrogen) atoms. The predicted octanol–water partition coefficient (Wildman–Crippen LogP) is 3.87. The zero-order valence-electron chi connectivity index (χ0n) is 11.2. The van der Waals surface area contributed by atoms with Crippen molar-refractivity contribution in [3.05, 3.63) is 28.3 Å².